The van der Waals surface area contributed by atoms with Crippen LogP contribution < -0.4 is 0 Å². The van der Waals surface area contributed by atoms with Gasteiger partial charge < -0.3 is 39.4 Å². The molecular weight excluding hydrogens is 733 g/mol. The van der Waals surface area contributed by atoms with E-state index in [-0.39, 0.29) is 19.6 Å². The highest BCUT2D eigenvalue weighted by Crippen LogP contribution is 2.22. The molecule has 9 nitrogen and oxygen atoms in total. The molecule has 1 rings (SSSR count). The fraction of sp³-hybridized carbons (Fsp3) is 0.571. The van der Waals surface area contributed by atoms with Crippen molar-refractivity contribution in [2.45, 2.75) is 153 Å². The maximum Gasteiger partial charge on any atom is 0.306 e. The molecule has 6 atom stereocenters. The van der Waals surface area contributed by atoms with Crippen LogP contribution in [0.15, 0.2) is 122 Å². The number of esters is 1. The largest absolute Gasteiger partial charge is 0.457 e. The van der Waals surface area contributed by atoms with Crippen molar-refractivity contribution in [1.82, 2.24) is 0 Å². The first-order valence-electron chi connectivity index (χ1n) is 21.6. The SMILES string of the molecule is CC/C=C\C/C=C\C/C=C\C/C=C\C/C=C\C/C=C\CCCCCOCC(COC1OC(CO)C(O)C(O)C1O)OC(=O)CC/C=C\C/C=C\C/C=C\C/C=C\CC. The Morgan fingerprint density at radius 1 is 0.552 bits per heavy atom. The molecule has 1 aliphatic rings. The zero-order chi connectivity index (χ0) is 42.2. The summed E-state index contributed by atoms with van der Waals surface area (Å²) in [5, 5.41) is 40.0. The lowest BCUT2D eigenvalue weighted by Crippen LogP contribution is -2.59. The summed E-state index contributed by atoms with van der Waals surface area (Å²) in [7, 11) is 0. The topological polar surface area (TPSA) is 135 Å². The van der Waals surface area contributed by atoms with Gasteiger partial charge in [0.05, 0.1) is 19.8 Å². The Morgan fingerprint density at radius 3 is 1.47 bits per heavy atom. The Bertz CT molecular complexity index is 1290. The van der Waals surface area contributed by atoms with Gasteiger partial charge in [0.15, 0.2) is 6.29 Å². The number of allylic oxidation sites excluding steroid dienone is 20. The highest BCUT2D eigenvalue weighted by molar-refractivity contribution is 5.69. The molecule has 1 fully saturated rings. The van der Waals surface area contributed by atoms with Crippen LogP contribution in [-0.4, -0.2) is 89.6 Å². The molecule has 6 unspecified atom stereocenters. The Labute approximate surface area is 350 Å². The molecule has 0 spiro atoms. The predicted molar refractivity (Wildman–Crippen MR) is 237 cm³/mol. The number of carbonyl (C=O) groups is 1. The molecule has 326 valence electrons. The number of aliphatic hydroxyl groups excluding tert-OH is 4. The highest BCUT2D eigenvalue weighted by Gasteiger charge is 2.44. The Morgan fingerprint density at radius 2 is 1.00 bits per heavy atom. The molecule has 1 aliphatic heterocycles. The third-order valence-corrected chi connectivity index (χ3v) is 8.89. The fourth-order valence-electron chi connectivity index (χ4n) is 5.56. The van der Waals surface area contributed by atoms with Gasteiger partial charge >= 0.3 is 5.97 Å². The quantitative estimate of drug-likeness (QED) is 0.0285. The highest BCUT2D eigenvalue weighted by atomic mass is 16.7. The molecule has 4 N–H and O–H groups in total. The number of hydrogen-bond donors (Lipinski definition) is 4. The van der Waals surface area contributed by atoms with Crippen LogP contribution in [0.2, 0.25) is 0 Å². The van der Waals surface area contributed by atoms with E-state index in [4.69, 9.17) is 18.9 Å². The smallest absolute Gasteiger partial charge is 0.306 e. The molecule has 0 bridgehead atoms. The van der Waals surface area contributed by atoms with E-state index in [9.17, 15) is 25.2 Å². The summed E-state index contributed by atoms with van der Waals surface area (Å²) < 4.78 is 22.6. The molecule has 0 radical (unpaired) electrons. The molecule has 0 aromatic carbocycles. The van der Waals surface area contributed by atoms with Gasteiger partial charge in [0.25, 0.3) is 0 Å². The van der Waals surface area contributed by atoms with Gasteiger partial charge in [0, 0.05) is 13.0 Å². The van der Waals surface area contributed by atoms with Crippen LogP contribution in [0, 0.1) is 0 Å². The maximum atomic E-state index is 12.7. The molecular formula is C49H76O9. The van der Waals surface area contributed by atoms with E-state index >= 15 is 0 Å². The third-order valence-electron chi connectivity index (χ3n) is 8.89. The molecule has 0 aromatic heterocycles. The van der Waals surface area contributed by atoms with Crippen LogP contribution >= 0.6 is 0 Å². The first-order valence-corrected chi connectivity index (χ1v) is 21.6. The summed E-state index contributed by atoms with van der Waals surface area (Å²) in [6.07, 6.45) is 49.6. The lowest BCUT2D eigenvalue weighted by Gasteiger charge is -2.39. The second kappa shape index (κ2) is 39.1. The number of rotatable bonds is 34. The molecule has 1 saturated heterocycles. The van der Waals surface area contributed by atoms with Crippen LogP contribution in [0.5, 0.6) is 0 Å². The van der Waals surface area contributed by atoms with Gasteiger partial charge in [0.1, 0.15) is 30.5 Å². The Hall–Kier alpha value is -3.41. The van der Waals surface area contributed by atoms with E-state index in [0.29, 0.717) is 13.0 Å². The first-order chi connectivity index (χ1) is 28.4. The fourth-order valence-corrected chi connectivity index (χ4v) is 5.56. The van der Waals surface area contributed by atoms with Crippen molar-refractivity contribution in [2.24, 2.45) is 0 Å². The van der Waals surface area contributed by atoms with Crippen molar-refractivity contribution >= 4 is 5.97 Å². The van der Waals surface area contributed by atoms with Crippen molar-refractivity contribution < 1.29 is 44.2 Å². The van der Waals surface area contributed by atoms with E-state index < -0.39 is 49.4 Å². The predicted octanol–water partition coefficient (Wildman–Crippen LogP) is 9.57. The minimum Gasteiger partial charge on any atom is -0.457 e. The van der Waals surface area contributed by atoms with Gasteiger partial charge in [-0.25, -0.2) is 0 Å². The number of aliphatic hydroxyl groups is 4. The normalized spacial score (nSPS) is 21.5. The number of hydrogen-bond acceptors (Lipinski definition) is 9. The van der Waals surface area contributed by atoms with E-state index in [1.54, 1.807) is 0 Å². The average molecular weight is 809 g/mol. The van der Waals surface area contributed by atoms with Gasteiger partial charge in [-0.3, -0.25) is 4.79 Å². The zero-order valence-corrected chi connectivity index (χ0v) is 35.5. The molecule has 0 aromatic rings. The van der Waals surface area contributed by atoms with Crippen molar-refractivity contribution in [3.63, 3.8) is 0 Å². The number of ether oxygens (including phenoxy) is 4. The van der Waals surface area contributed by atoms with Crippen LogP contribution in [-0.2, 0) is 23.7 Å². The Kier molecular flexibility index (Phi) is 35.4. The minimum absolute atomic E-state index is 0.0836. The zero-order valence-electron chi connectivity index (χ0n) is 35.5. The summed E-state index contributed by atoms with van der Waals surface area (Å²) in [5.41, 5.74) is 0. The van der Waals surface area contributed by atoms with Crippen LogP contribution in [0.25, 0.3) is 0 Å². The van der Waals surface area contributed by atoms with E-state index in [1.807, 2.05) is 12.2 Å². The molecule has 1 heterocycles. The van der Waals surface area contributed by atoms with Crippen molar-refractivity contribution in [1.29, 1.82) is 0 Å². The summed E-state index contributed by atoms with van der Waals surface area (Å²) in [6.45, 7) is 4.11. The standard InChI is InChI=1S/C49H76O9/c1-3-5-7-9-11-13-15-17-18-19-20-21-22-23-24-25-27-29-31-33-35-37-39-55-41-43(42-56-49-48(54)47(53)46(52)44(40-50)58-49)57-45(51)38-36-34-32-30-28-26-16-14-12-10-8-6-4-2/h5-8,11-14,17-18,20-21,23-24,26-29,32,34,43-44,46-50,52-54H,3-4,9-10,15-16,19,22,25,30-31,33,35-42H2,1-2H3/b7-5-,8-6-,13-11-,14-12-,18-17-,21-20-,24-23-,28-26-,29-27-,34-32-. The molecule has 0 saturated carbocycles. The first kappa shape index (κ1) is 52.6. The monoisotopic (exact) mass is 809 g/mol. The third kappa shape index (κ3) is 29.8. The van der Waals surface area contributed by atoms with E-state index in [0.717, 1.165) is 89.9 Å². The summed E-state index contributed by atoms with van der Waals surface area (Å²) >= 11 is 0. The molecule has 58 heavy (non-hydrogen) atoms. The van der Waals surface area contributed by atoms with E-state index in [1.165, 1.54) is 0 Å². The second-order valence-electron chi connectivity index (χ2n) is 14.0. The lowest BCUT2D eigenvalue weighted by molar-refractivity contribution is -0.305. The molecule has 0 aliphatic carbocycles. The summed E-state index contributed by atoms with van der Waals surface area (Å²) in [5.74, 6) is -0.412. The summed E-state index contributed by atoms with van der Waals surface area (Å²) in [6, 6.07) is 0. The van der Waals surface area contributed by atoms with Crippen LogP contribution in [0.3, 0.4) is 0 Å². The van der Waals surface area contributed by atoms with Crippen molar-refractivity contribution in [3.8, 4) is 0 Å². The van der Waals surface area contributed by atoms with Crippen LogP contribution in [0.4, 0.5) is 0 Å². The van der Waals surface area contributed by atoms with Crippen molar-refractivity contribution in [2.75, 3.05) is 26.4 Å². The van der Waals surface area contributed by atoms with Gasteiger partial charge in [-0.15, -0.1) is 0 Å². The average Bonchev–Trinajstić information content (AvgIpc) is 3.22. The molecule has 0 amide bonds. The lowest BCUT2D eigenvalue weighted by atomic mass is 9.99. The van der Waals surface area contributed by atoms with Gasteiger partial charge in [0.2, 0.25) is 0 Å². The van der Waals surface area contributed by atoms with Gasteiger partial charge in [-0.05, 0) is 89.9 Å². The van der Waals surface area contributed by atoms with Gasteiger partial charge in [-0.1, -0.05) is 142 Å². The summed E-state index contributed by atoms with van der Waals surface area (Å²) in [4.78, 5) is 12.7. The van der Waals surface area contributed by atoms with Crippen molar-refractivity contribution in [3.05, 3.63) is 122 Å². The number of unbranched alkanes of at least 4 members (excludes halogenated alkanes) is 3. The Balaban J connectivity index is 2.35. The van der Waals surface area contributed by atoms with E-state index in [2.05, 4.69) is 123 Å². The molecule has 9 heteroatoms. The minimum atomic E-state index is -1.56. The van der Waals surface area contributed by atoms with Crippen LogP contribution in [0.1, 0.15) is 117 Å². The maximum absolute atomic E-state index is 12.7. The van der Waals surface area contributed by atoms with Gasteiger partial charge in [-0.2, -0.15) is 0 Å². The second-order valence-corrected chi connectivity index (χ2v) is 14.0. The number of carbonyl (C=O) groups excluding carboxylic acids is 1.